The van der Waals surface area contributed by atoms with E-state index < -0.39 is 0 Å². The van der Waals surface area contributed by atoms with Crippen LogP contribution in [0.15, 0.2) is 40.9 Å². The molecular weight excluding hydrogens is 384 g/mol. The van der Waals surface area contributed by atoms with Crippen molar-refractivity contribution < 1.29 is 23.6 Å². The lowest BCUT2D eigenvalue weighted by atomic mass is 10.0. The number of methoxy groups -OCH3 is 1. The minimum absolute atomic E-state index is 0.215. The standard InChI is InChI=1S/C23H26N2O5/c1-15-20(16(2)30-25-15)14-29-21-13-18-9-5-4-8-17(18)12-19(21)23(27)24-11-7-6-10-22(26)28-3/h4-5,8-9,12-13H,6-7,10-11,14H2,1-3H3,(H,24,27). The first-order chi connectivity index (χ1) is 14.5. The largest absolute Gasteiger partial charge is 0.488 e. The highest BCUT2D eigenvalue weighted by Gasteiger charge is 2.16. The second-order valence-corrected chi connectivity index (χ2v) is 7.08. The SMILES string of the molecule is COC(=O)CCCCNC(=O)c1cc2ccccc2cc1OCc1c(C)noc1C. The molecule has 30 heavy (non-hydrogen) atoms. The monoisotopic (exact) mass is 410 g/mol. The molecule has 1 aromatic heterocycles. The van der Waals surface area contributed by atoms with Crippen LogP contribution in [0.3, 0.4) is 0 Å². The van der Waals surface area contributed by atoms with Gasteiger partial charge in [-0.1, -0.05) is 29.4 Å². The van der Waals surface area contributed by atoms with Crippen LogP contribution in [0.4, 0.5) is 0 Å². The number of hydrogen-bond donors (Lipinski definition) is 1. The van der Waals surface area contributed by atoms with Crippen LogP contribution >= 0.6 is 0 Å². The van der Waals surface area contributed by atoms with Crippen LogP contribution in [0.2, 0.25) is 0 Å². The molecular formula is C23H26N2O5. The number of aromatic nitrogens is 1. The predicted molar refractivity (Wildman–Crippen MR) is 112 cm³/mol. The number of benzene rings is 2. The van der Waals surface area contributed by atoms with Crippen LogP contribution in [-0.4, -0.2) is 30.7 Å². The molecule has 0 saturated carbocycles. The average Bonchev–Trinajstić information content (AvgIpc) is 3.08. The molecule has 0 saturated heterocycles. The van der Waals surface area contributed by atoms with Gasteiger partial charge in [0.15, 0.2) is 0 Å². The third-order valence-electron chi connectivity index (χ3n) is 4.97. The molecule has 2 aromatic carbocycles. The van der Waals surface area contributed by atoms with Gasteiger partial charge in [0.2, 0.25) is 0 Å². The molecule has 1 N–H and O–H groups in total. The maximum absolute atomic E-state index is 12.8. The fourth-order valence-corrected chi connectivity index (χ4v) is 3.17. The lowest BCUT2D eigenvalue weighted by molar-refractivity contribution is -0.140. The van der Waals surface area contributed by atoms with Gasteiger partial charge < -0.3 is 19.3 Å². The van der Waals surface area contributed by atoms with E-state index in [1.54, 1.807) is 0 Å². The highest BCUT2D eigenvalue weighted by Crippen LogP contribution is 2.27. The Morgan fingerprint density at radius 1 is 1.10 bits per heavy atom. The number of carbonyl (C=O) groups excluding carboxylic acids is 2. The number of hydrogen-bond acceptors (Lipinski definition) is 6. The number of rotatable bonds is 9. The number of carbonyl (C=O) groups is 2. The summed E-state index contributed by atoms with van der Waals surface area (Å²) in [4.78, 5) is 24.0. The number of fused-ring (bicyclic) bond motifs is 1. The molecule has 0 atom stereocenters. The summed E-state index contributed by atoms with van der Waals surface area (Å²) < 4.78 is 15.8. The lowest BCUT2D eigenvalue weighted by Crippen LogP contribution is -2.25. The zero-order valence-corrected chi connectivity index (χ0v) is 17.5. The van der Waals surface area contributed by atoms with Gasteiger partial charge in [-0.05, 0) is 49.6 Å². The Balaban J connectivity index is 1.73. The van der Waals surface area contributed by atoms with E-state index >= 15 is 0 Å². The number of nitrogens with zero attached hydrogens (tertiary/aromatic N) is 1. The number of aryl methyl sites for hydroxylation is 2. The normalized spacial score (nSPS) is 10.8. The summed E-state index contributed by atoms with van der Waals surface area (Å²) in [5, 5.41) is 8.80. The van der Waals surface area contributed by atoms with Crippen LogP contribution in [0.5, 0.6) is 5.75 Å². The van der Waals surface area contributed by atoms with Crippen LogP contribution in [0, 0.1) is 13.8 Å². The maximum Gasteiger partial charge on any atom is 0.305 e. The Bertz CT molecular complexity index is 1020. The fourth-order valence-electron chi connectivity index (χ4n) is 3.17. The molecule has 0 radical (unpaired) electrons. The van der Waals surface area contributed by atoms with E-state index in [4.69, 9.17) is 9.26 Å². The van der Waals surface area contributed by atoms with E-state index in [1.165, 1.54) is 7.11 Å². The molecule has 0 aliphatic heterocycles. The molecule has 1 heterocycles. The molecule has 3 aromatic rings. The Morgan fingerprint density at radius 2 is 1.83 bits per heavy atom. The molecule has 158 valence electrons. The molecule has 7 nitrogen and oxygen atoms in total. The summed E-state index contributed by atoms with van der Waals surface area (Å²) in [7, 11) is 1.37. The number of unbranched alkanes of at least 4 members (excludes halogenated alkanes) is 1. The van der Waals surface area contributed by atoms with Gasteiger partial charge >= 0.3 is 5.97 Å². The molecule has 0 spiro atoms. The number of ether oxygens (including phenoxy) is 2. The van der Waals surface area contributed by atoms with Gasteiger partial charge in [0.1, 0.15) is 18.1 Å². The molecule has 0 fully saturated rings. The molecule has 0 bridgehead atoms. The van der Waals surface area contributed by atoms with Crippen LogP contribution in [0.1, 0.15) is 46.6 Å². The summed E-state index contributed by atoms with van der Waals surface area (Å²) in [5.74, 6) is 0.740. The number of amides is 1. The second kappa shape index (κ2) is 9.91. The number of esters is 1. The smallest absolute Gasteiger partial charge is 0.305 e. The Hall–Kier alpha value is -3.35. The van der Waals surface area contributed by atoms with Gasteiger partial charge in [-0.3, -0.25) is 9.59 Å². The molecule has 3 rings (SSSR count). The maximum atomic E-state index is 12.8. The minimum atomic E-state index is -0.245. The molecule has 1 amide bonds. The van der Waals surface area contributed by atoms with Crippen molar-refractivity contribution in [3.8, 4) is 5.75 Å². The van der Waals surface area contributed by atoms with Crippen molar-refractivity contribution in [3.05, 3.63) is 59.0 Å². The van der Waals surface area contributed by atoms with Crippen molar-refractivity contribution >= 4 is 22.6 Å². The summed E-state index contributed by atoms with van der Waals surface area (Å²) in [5.41, 5.74) is 2.11. The van der Waals surface area contributed by atoms with Crippen molar-refractivity contribution in [2.45, 2.75) is 39.7 Å². The van der Waals surface area contributed by atoms with Crippen molar-refractivity contribution in [3.63, 3.8) is 0 Å². The number of nitrogens with one attached hydrogen (secondary N) is 1. The molecule has 0 unspecified atom stereocenters. The van der Waals surface area contributed by atoms with E-state index in [-0.39, 0.29) is 18.5 Å². The van der Waals surface area contributed by atoms with Crippen LogP contribution < -0.4 is 10.1 Å². The quantitative estimate of drug-likeness (QED) is 0.422. The third kappa shape index (κ3) is 5.17. The first-order valence-electron chi connectivity index (χ1n) is 9.92. The third-order valence-corrected chi connectivity index (χ3v) is 4.97. The summed E-state index contributed by atoms with van der Waals surface area (Å²) >= 11 is 0. The van der Waals surface area contributed by atoms with E-state index in [9.17, 15) is 9.59 Å². The average molecular weight is 410 g/mol. The predicted octanol–water partition coefficient (Wildman–Crippen LogP) is 4.10. The minimum Gasteiger partial charge on any atom is -0.488 e. The molecule has 7 heteroatoms. The van der Waals surface area contributed by atoms with Gasteiger partial charge in [0.05, 0.1) is 23.9 Å². The lowest BCUT2D eigenvalue weighted by Gasteiger charge is -2.13. The van der Waals surface area contributed by atoms with E-state index in [2.05, 4.69) is 15.2 Å². The van der Waals surface area contributed by atoms with E-state index in [0.717, 1.165) is 22.0 Å². The Morgan fingerprint density at radius 3 is 2.50 bits per heavy atom. The van der Waals surface area contributed by atoms with Gasteiger partial charge in [-0.25, -0.2) is 0 Å². The topological polar surface area (TPSA) is 90.7 Å². The van der Waals surface area contributed by atoms with Crippen molar-refractivity contribution in [1.29, 1.82) is 0 Å². The zero-order chi connectivity index (χ0) is 21.5. The van der Waals surface area contributed by atoms with Crippen LogP contribution in [0.25, 0.3) is 10.8 Å². The summed E-state index contributed by atoms with van der Waals surface area (Å²) in [6, 6.07) is 11.5. The van der Waals surface area contributed by atoms with Gasteiger partial charge in [-0.2, -0.15) is 0 Å². The molecule has 0 aliphatic rings. The Kier molecular flexibility index (Phi) is 7.06. The second-order valence-electron chi connectivity index (χ2n) is 7.08. The summed E-state index contributed by atoms with van der Waals surface area (Å²) in [6.45, 7) is 4.42. The zero-order valence-electron chi connectivity index (χ0n) is 17.5. The van der Waals surface area contributed by atoms with Crippen molar-refractivity contribution in [2.24, 2.45) is 0 Å². The Labute approximate surface area is 175 Å². The van der Waals surface area contributed by atoms with Gasteiger partial charge in [0, 0.05) is 13.0 Å². The summed E-state index contributed by atoms with van der Waals surface area (Å²) in [6.07, 6.45) is 1.68. The highest BCUT2D eigenvalue weighted by atomic mass is 16.5. The van der Waals surface area contributed by atoms with Crippen LogP contribution in [-0.2, 0) is 16.1 Å². The first-order valence-corrected chi connectivity index (χ1v) is 9.92. The first kappa shape index (κ1) is 21.4. The van der Waals surface area contributed by atoms with Gasteiger partial charge in [0.25, 0.3) is 5.91 Å². The van der Waals surface area contributed by atoms with E-state index in [0.29, 0.717) is 42.9 Å². The van der Waals surface area contributed by atoms with Gasteiger partial charge in [-0.15, -0.1) is 0 Å². The van der Waals surface area contributed by atoms with Crippen molar-refractivity contribution in [2.75, 3.05) is 13.7 Å². The molecule has 0 aliphatic carbocycles. The fraction of sp³-hybridized carbons (Fsp3) is 0.348. The van der Waals surface area contributed by atoms with E-state index in [1.807, 2.05) is 50.2 Å². The van der Waals surface area contributed by atoms with Crippen molar-refractivity contribution in [1.82, 2.24) is 10.5 Å². The highest BCUT2D eigenvalue weighted by molar-refractivity contribution is 6.01.